The summed E-state index contributed by atoms with van der Waals surface area (Å²) in [6.07, 6.45) is 0. The van der Waals surface area contributed by atoms with Crippen LogP contribution in [0.4, 0.5) is 0 Å². The summed E-state index contributed by atoms with van der Waals surface area (Å²) in [5.41, 5.74) is 3.74. The van der Waals surface area contributed by atoms with Crippen molar-refractivity contribution < 1.29 is 5.73 Å². The van der Waals surface area contributed by atoms with Gasteiger partial charge in [-0.1, -0.05) is 6.07 Å². The van der Waals surface area contributed by atoms with Gasteiger partial charge in [-0.05, 0) is 11.4 Å². The molecule has 0 bridgehead atoms. The van der Waals surface area contributed by atoms with E-state index in [0.717, 1.165) is 6.54 Å². The number of hydrogen-bond donors (Lipinski definition) is 1. The molecule has 1 rings (SSSR count). The molecule has 0 fully saturated rings. The Kier molecular flexibility index (Phi) is 1.44. The van der Waals surface area contributed by atoms with Crippen molar-refractivity contribution in [3.8, 4) is 0 Å². The lowest BCUT2D eigenvalue weighted by Crippen LogP contribution is -2.47. The second kappa shape index (κ2) is 2.09. The van der Waals surface area contributed by atoms with Crippen LogP contribution in [0.5, 0.6) is 0 Å². The molecule has 0 aliphatic rings. The molecule has 7 heavy (non-hydrogen) atoms. The van der Waals surface area contributed by atoms with Crippen molar-refractivity contribution in [3.63, 3.8) is 0 Å². The van der Waals surface area contributed by atoms with Crippen LogP contribution in [0.25, 0.3) is 0 Å². The Morgan fingerprint density at radius 3 is 2.86 bits per heavy atom. The molecule has 0 unspecified atom stereocenters. The highest BCUT2D eigenvalue weighted by Crippen LogP contribution is 2.04. The van der Waals surface area contributed by atoms with E-state index in [0.29, 0.717) is 0 Å². The first-order valence-corrected chi connectivity index (χ1v) is 3.13. The minimum absolute atomic E-state index is 0.928. The highest BCUT2D eigenvalue weighted by atomic mass is 32.1. The Morgan fingerprint density at radius 1 is 1.71 bits per heavy atom. The summed E-state index contributed by atoms with van der Waals surface area (Å²) in [6.45, 7) is 0.928. The first-order valence-electron chi connectivity index (χ1n) is 2.25. The second-order valence-electron chi connectivity index (χ2n) is 1.33. The molecule has 0 radical (unpaired) electrons. The maximum Gasteiger partial charge on any atom is 0.109 e. The third-order valence-corrected chi connectivity index (χ3v) is 1.76. The lowest BCUT2D eigenvalue weighted by atomic mass is 10.5. The maximum absolute atomic E-state index is 3.74. The van der Waals surface area contributed by atoms with Crippen LogP contribution in [-0.4, -0.2) is 0 Å². The van der Waals surface area contributed by atoms with Gasteiger partial charge >= 0.3 is 0 Å². The summed E-state index contributed by atoms with van der Waals surface area (Å²) in [5, 5.41) is 2.07. The predicted octanol–water partition coefficient (Wildman–Crippen LogP) is 0.490. The van der Waals surface area contributed by atoms with Gasteiger partial charge in [0.05, 0.1) is 4.88 Å². The summed E-state index contributed by atoms with van der Waals surface area (Å²) in [4.78, 5) is 1.36. The van der Waals surface area contributed by atoms with Gasteiger partial charge in [-0.3, -0.25) is 0 Å². The van der Waals surface area contributed by atoms with Crippen molar-refractivity contribution in [1.29, 1.82) is 0 Å². The standard InChI is InChI=1S/C5H7NS/c6-4-5-2-1-3-7-5/h1-3H,4,6H2/p+1. The summed E-state index contributed by atoms with van der Waals surface area (Å²) < 4.78 is 0. The summed E-state index contributed by atoms with van der Waals surface area (Å²) in [5.74, 6) is 0. The van der Waals surface area contributed by atoms with E-state index in [1.54, 1.807) is 11.3 Å². The average Bonchev–Trinajstić information content (AvgIpc) is 2.14. The van der Waals surface area contributed by atoms with Crippen molar-refractivity contribution in [3.05, 3.63) is 22.4 Å². The Hall–Kier alpha value is -0.340. The molecule has 3 N–H and O–H groups in total. The van der Waals surface area contributed by atoms with E-state index < -0.39 is 0 Å². The fraction of sp³-hybridized carbons (Fsp3) is 0.200. The van der Waals surface area contributed by atoms with Crippen LogP contribution in [0.3, 0.4) is 0 Å². The summed E-state index contributed by atoms with van der Waals surface area (Å²) >= 11 is 1.76. The minimum atomic E-state index is 0.928. The normalized spacial score (nSPS) is 9.29. The highest BCUT2D eigenvalue weighted by Gasteiger charge is 1.85. The van der Waals surface area contributed by atoms with Crippen LogP contribution >= 0.6 is 11.3 Å². The van der Waals surface area contributed by atoms with Gasteiger partial charge in [-0.25, -0.2) is 0 Å². The van der Waals surface area contributed by atoms with Gasteiger partial charge in [0.25, 0.3) is 0 Å². The van der Waals surface area contributed by atoms with E-state index in [9.17, 15) is 0 Å². The Balaban J connectivity index is 2.76. The van der Waals surface area contributed by atoms with Crippen molar-refractivity contribution in [2.45, 2.75) is 6.54 Å². The van der Waals surface area contributed by atoms with Crippen molar-refractivity contribution in [2.24, 2.45) is 0 Å². The number of quaternary nitrogens is 1. The summed E-state index contributed by atoms with van der Waals surface area (Å²) in [6, 6.07) is 4.14. The lowest BCUT2D eigenvalue weighted by Gasteiger charge is -1.76. The molecule has 1 nitrogen and oxygen atoms in total. The second-order valence-corrected chi connectivity index (χ2v) is 2.36. The molecule has 0 saturated carbocycles. The van der Waals surface area contributed by atoms with Crippen LogP contribution in [0.2, 0.25) is 0 Å². The zero-order valence-corrected chi connectivity index (χ0v) is 4.87. The van der Waals surface area contributed by atoms with Crippen molar-refractivity contribution >= 4 is 11.3 Å². The SMILES string of the molecule is [NH3+]Cc1cccs1. The quantitative estimate of drug-likeness (QED) is 0.550. The van der Waals surface area contributed by atoms with Crippen LogP contribution in [-0.2, 0) is 6.54 Å². The zero-order chi connectivity index (χ0) is 5.11. The van der Waals surface area contributed by atoms with Crippen molar-refractivity contribution in [1.82, 2.24) is 0 Å². The van der Waals surface area contributed by atoms with E-state index in [1.807, 2.05) is 6.07 Å². The molecule has 1 heterocycles. The van der Waals surface area contributed by atoms with Crippen LogP contribution in [0.15, 0.2) is 17.5 Å². The van der Waals surface area contributed by atoms with Gasteiger partial charge < -0.3 is 5.73 Å². The minimum Gasteiger partial charge on any atom is -0.353 e. The first-order chi connectivity index (χ1) is 3.43. The monoisotopic (exact) mass is 114 g/mol. The molecule has 0 saturated heterocycles. The zero-order valence-electron chi connectivity index (χ0n) is 4.05. The number of rotatable bonds is 1. The van der Waals surface area contributed by atoms with Crippen LogP contribution in [0, 0.1) is 0 Å². The third kappa shape index (κ3) is 1.01. The predicted molar refractivity (Wildman–Crippen MR) is 30.9 cm³/mol. The lowest BCUT2D eigenvalue weighted by molar-refractivity contribution is -0.385. The fourth-order valence-corrected chi connectivity index (χ4v) is 1.06. The van der Waals surface area contributed by atoms with Crippen LogP contribution in [0.1, 0.15) is 4.88 Å². The van der Waals surface area contributed by atoms with E-state index in [-0.39, 0.29) is 0 Å². The topological polar surface area (TPSA) is 27.6 Å². The number of thiophene rings is 1. The molecule has 0 amide bonds. The molecule has 0 aliphatic heterocycles. The molecule has 0 aliphatic carbocycles. The molecule has 0 atom stereocenters. The maximum atomic E-state index is 3.74. The van der Waals surface area contributed by atoms with Crippen LogP contribution < -0.4 is 5.73 Å². The number of hydrogen-bond acceptors (Lipinski definition) is 1. The molecular weight excluding hydrogens is 106 g/mol. The Morgan fingerprint density at radius 2 is 2.57 bits per heavy atom. The molecule has 0 aromatic carbocycles. The Bertz CT molecular complexity index is 123. The molecular formula is C5H8NS+. The van der Waals surface area contributed by atoms with Gasteiger partial charge in [0.15, 0.2) is 0 Å². The van der Waals surface area contributed by atoms with Crippen molar-refractivity contribution in [2.75, 3.05) is 0 Å². The van der Waals surface area contributed by atoms with Gasteiger partial charge in [0.2, 0.25) is 0 Å². The van der Waals surface area contributed by atoms with E-state index in [2.05, 4.69) is 17.2 Å². The summed E-state index contributed by atoms with van der Waals surface area (Å²) in [7, 11) is 0. The van der Waals surface area contributed by atoms with E-state index >= 15 is 0 Å². The average molecular weight is 114 g/mol. The fourth-order valence-electron chi connectivity index (χ4n) is 0.455. The highest BCUT2D eigenvalue weighted by molar-refractivity contribution is 7.09. The van der Waals surface area contributed by atoms with E-state index in [4.69, 9.17) is 0 Å². The molecule has 1 aromatic rings. The molecule has 0 spiro atoms. The molecule has 2 heteroatoms. The third-order valence-electron chi connectivity index (χ3n) is 0.827. The van der Waals surface area contributed by atoms with Gasteiger partial charge in [0.1, 0.15) is 6.54 Å². The smallest absolute Gasteiger partial charge is 0.109 e. The molecule has 1 aromatic heterocycles. The Labute approximate surface area is 46.8 Å². The van der Waals surface area contributed by atoms with Gasteiger partial charge in [-0.2, -0.15) is 0 Å². The van der Waals surface area contributed by atoms with Gasteiger partial charge in [-0.15, -0.1) is 11.3 Å². The molecule has 38 valence electrons. The largest absolute Gasteiger partial charge is 0.353 e. The van der Waals surface area contributed by atoms with E-state index in [1.165, 1.54) is 4.88 Å². The van der Waals surface area contributed by atoms with Gasteiger partial charge in [0, 0.05) is 0 Å². The first kappa shape index (κ1) is 4.81.